The highest BCUT2D eigenvalue weighted by Crippen LogP contribution is 2.09. The third-order valence-electron chi connectivity index (χ3n) is 2.63. The normalized spacial score (nSPS) is 10.7. The smallest absolute Gasteiger partial charge is 0.0785 e. The molecule has 0 saturated carbocycles. The van der Waals surface area contributed by atoms with E-state index in [9.17, 15) is 0 Å². The number of hydrogen-bond donors (Lipinski definition) is 1. The van der Waals surface area contributed by atoms with Crippen LogP contribution < -0.4 is 5.32 Å². The second kappa shape index (κ2) is 5.84. The van der Waals surface area contributed by atoms with E-state index in [1.165, 1.54) is 11.1 Å². The van der Waals surface area contributed by atoms with E-state index in [2.05, 4.69) is 34.7 Å². The van der Waals surface area contributed by atoms with Crippen LogP contribution in [0.15, 0.2) is 36.7 Å². The summed E-state index contributed by atoms with van der Waals surface area (Å²) in [7, 11) is 1.97. The van der Waals surface area contributed by atoms with Crippen molar-refractivity contribution in [1.29, 1.82) is 0 Å². The second-order valence-electron chi connectivity index (χ2n) is 4.03. The SMILES string of the molecule is CNCCc1ccc(Cn2cc(Cl)cn2)cc1. The van der Waals surface area contributed by atoms with Gasteiger partial charge in [0, 0.05) is 6.20 Å². The van der Waals surface area contributed by atoms with Crippen molar-refractivity contribution >= 4 is 11.6 Å². The van der Waals surface area contributed by atoms with Gasteiger partial charge in [-0.1, -0.05) is 35.9 Å². The van der Waals surface area contributed by atoms with Crippen LogP contribution in [-0.2, 0) is 13.0 Å². The summed E-state index contributed by atoms with van der Waals surface area (Å²) in [4.78, 5) is 0. The molecule has 0 saturated heterocycles. The number of hydrogen-bond acceptors (Lipinski definition) is 2. The van der Waals surface area contributed by atoms with Crippen LogP contribution in [0.1, 0.15) is 11.1 Å². The van der Waals surface area contributed by atoms with E-state index in [4.69, 9.17) is 11.6 Å². The lowest BCUT2D eigenvalue weighted by Crippen LogP contribution is -2.10. The van der Waals surface area contributed by atoms with E-state index >= 15 is 0 Å². The molecule has 4 heteroatoms. The van der Waals surface area contributed by atoms with Crippen molar-refractivity contribution in [2.75, 3.05) is 13.6 Å². The van der Waals surface area contributed by atoms with Crippen molar-refractivity contribution < 1.29 is 0 Å². The summed E-state index contributed by atoms with van der Waals surface area (Å²) in [6, 6.07) is 8.61. The molecule has 0 atom stereocenters. The van der Waals surface area contributed by atoms with Crippen molar-refractivity contribution in [3.8, 4) is 0 Å². The Kier molecular flexibility index (Phi) is 4.18. The maximum absolute atomic E-state index is 5.82. The van der Waals surface area contributed by atoms with Crippen LogP contribution in [0.25, 0.3) is 0 Å². The molecule has 0 unspecified atom stereocenters. The molecule has 1 heterocycles. The number of aromatic nitrogens is 2. The molecule has 0 aliphatic carbocycles. The molecule has 1 aromatic carbocycles. The predicted octanol–water partition coefficient (Wildman–Crippen LogP) is 2.35. The molecule has 17 heavy (non-hydrogen) atoms. The highest BCUT2D eigenvalue weighted by atomic mass is 35.5. The third kappa shape index (κ3) is 3.58. The first-order valence-corrected chi connectivity index (χ1v) is 6.06. The predicted molar refractivity (Wildman–Crippen MR) is 70.4 cm³/mol. The Balaban J connectivity index is 1.98. The van der Waals surface area contributed by atoms with E-state index in [-0.39, 0.29) is 0 Å². The van der Waals surface area contributed by atoms with E-state index in [1.54, 1.807) is 6.20 Å². The van der Waals surface area contributed by atoms with Gasteiger partial charge in [-0.3, -0.25) is 4.68 Å². The fourth-order valence-electron chi connectivity index (χ4n) is 1.69. The van der Waals surface area contributed by atoms with Crippen LogP contribution in [0.2, 0.25) is 5.02 Å². The molecule has 1 aromatic heterocycles. The Bertz CT molecular complexity index is 462. The number of nitrogens with one attached hydrogen (secondary N) is 1. The van der Waals surface area contributed by atoms with Gasteiger partial charge in [0.2, 0.25) is 0 Å². The van der Waals surface area contributed by atoms with Gasteiger partial charge >= 0.3 is 0 Å². The minimum Gasteiger partial charge on any atom is -0.319 e. The molecule has 0 radical (unpaired) electrons. The summed E-state index contributed by atoms with van der Waals surface area (Å²) < 4.78 is 1.84. The van der Waals surface area contributed by atoms with Gasteiger partial charge in [0.05, 0.1) is 17.8 Å². The summed E-state index contributed by atoms with van der Waals surface area (Å²) in [6.45, 7) is 1.77. The van der Waals surface area contributed by atoms with Gasteiger partial charge in [-0.2, -0.15) is 5.10 Å². The Morgan fingerprint density at radius 1 is 1.24 bits per heavy atom. The van der Waals surface area contributed by atoms with Crippen LogP contribution in [-0.4, -0.2) is 23.4 Å². The fraction of sp³-hybridized carbons (Fsp3) is 0.308. The van der Waals surface area contributed by atoms with Gasteiger partial charge < -0.3 is 5.32 Å². The average Bonchev–Trinajstić information content (AvgIpc) is 2.74. The van der Waals surface area contributed by atoms with Gasteiger partial charge in [-0.25, -0.2) is 0 Å². The monoisotopic (exact) mass is 249 g/mol. The second-order valence-corrected chi connectivity index (χ2v) is 4.46. The van der Waals surface area contributed by atoms with Crippen LogP contribution in [0, 0.1) is 0 Å². The molecule has 2 rings (SSSR count). The van der Waals surface area contributed by atoms with Crippen molar-refractivity contribution in [1.82, 2.24) is 15.1 Å². The number of rotatable bonds is 5. The number of halogens is 1. The summed E-state index contributed by atoms with van der Waals surface area (Å²) in [5.74, 6) is 0. The minimum atomic E-state index is 0.677. The average molecular weight is 250 g/mol. The number of nitrogens with zero attached hydrogens (tertiary/aromatic N) is 2. The third-order valence-corrected chi connectivity index (χ3v) is 2.83. The quantitative estimate of drug-likeness (QED) is 0.882. The van der Waals surface area contributed by atoms with Crippen molar-refractivity contribution in [2.24, 2.45) is 0 Å². The van der Waals surface area contributed by atoms with E-state index in [1.807, 2.05) is 17.9 Å². The molecule has 0 aliphatic rings. The molecule has 90 valence electrons. The van der Waals surface area contributed by atoms with Gasteiger partial charge in [0.25, 0.3) is 0 Å². The zero-order chi connectivity index (χ0) is 12.1. The Hall–Kier alpha value is -1.32. The highest BCUT2D eigenvalue weighted by Gasteiger charge is 1.98. The maximum Gasteiger partial charge on any atom is 0.0785 e. The van der Waals surface area contributed by atoms with Gasteiger partial charge in [0.15, 0.2) is 0 Å². The van der Waals surface area contributed by atoms with E-state index < -0.39 is 0 Å². The number of benzene rings is 1. The largest absolute Gasteiger partial charge is 0.319 e. The van der Waals surface area contributed by atoms with Crippen LogP contribution in [0.3, 0.4) is 0 Å². The van der Waals surface area contributed by atoms with Crippen LogP contribution in [0.5, 0.6) is 0 Å². The van der Waals surface area contributed by atoms with Gasteiger partial charge in [-0.15, -0.1) is 0 Å². The van der Waals surface area contributed by atoms with Crippen LogP contribution in [0.4, 0.5) is 0 Å². The summed E-state index contributed by atoms with van der Waals surface area (Å²) in [5, 5.41) is 7.98. The molecule has 3 nitrogen and oxygen atoms in total. The van der Waals surface area contributed by atoms with Gasteiger partial charge in [0.1, 0.15) is 0 Å². The molecule has 2 aromatic rings. The summed E-state index contributed by atoms with van der Waals surface area (Å²) in [5.41, 5.74) is 2.58. The topological polar surface area (TPSA) is 29.9 Å². The molecule has 0 spiro atoms. The summed E-state index contributed by atoms with van der Waals surface area (Å²) >= 11 is 5.82. The minimum absolute atomic E-state index is 0.677. The molecular formula is C13H16ClN3. The zero-order valence-electron chi connectivity index (χ0n) is 9.86. The molecule has 1 N–H and O–H groups in total. The Morgan fingerprint density at radius 2 is 1.94 bits per heavy atom. The lowest BCUT2D eigenvalue weighted by atomic mass is 10.1. The molecule has 0 amide bonds. The fourth-order valence-corrected chi connectivity index (χ4v) is 1.85. The summed E-state index contributed by atoms with van der Waals surface area (Å²) in [6.07, 6.45) is 4.55. The van der Waals surface area contributed by atoms with E-state index in [0.29, 0.717) is 5.02 Å². The lowest BCUT2D eigenvalue weighted by Gasteiger charge is -2.04. The molecule has 0 fully saturated rings. The molecular weight excluding hydrogens is 234 g/mol. The van der Waals surface area contributed by atoms with Gasteiger partial charge in [-0.05, 0) is 31.1 Å². The first kappa shape index (κ1) is 12.1. The number of likely N-dealkylation sites (N-methyl/N-ethyl adjacent to an activating group) is 1. The Morgan fingerprint density at radius 3 is 2.53 bits per heavy atom. The first-order chi connectivity index (χ1) is 8.28. The molecule has 0 aliphatic heterocycles. The highest BCUT2D eigenvalue weighted by molar-refractivity contribution is 6.30. The van der Waals surface area contributed by atoms with Crippen LogP contribution >= 0.6 is 11.6 Å². The van der Waals surface area contributed by atoms with Crippen molar-refractivity contribution in [2.45, 2.75) is 13.0 Å². The molecule has 0 bridgehead atoms. The lowest BCUT2D eigenvalue weighted by molar-refractivity contribution is 0.686. The van der Waals surface area contributed by atoms with Crippen molar-refractivity contribution in [3.63, 3.8) is 0 Å². The Labute approximate surface area is 106 Å². The van der Waals surface area contributed by atoms with Crippen molar-refractivity contribution in [3.05, 3.63) is 52.8 Å². The zero-order valence-corrected chi connectivity index (χ0v) is 10.6. The maximum atomic E-state index is 5.82. The standard InChI is InChI=1S/C13H16ClN3/c1-15-7-6-11-2-4-12(5-3-11)9-17-10-13(14)8-16-17/h2-5,8,10,15H,6-7,9H2,1H3. The first-order valence-electron chi connectivity index (χ1n) is 5.68. The van der Waals surface area contributed by atoms with E-state index in [0.717, 1.165) is 19.5 Å².